The van der Waals surface area contributed by atoms with Gasteiger partial charge in [0.2, 0.25) is 0 Å². The molecule has 0 aliphatic heterocycles. The second-order valence-electron chi connectivity index (χ2n) is 5.12. The Bertz CT molecular complexity index is 755. The lowest BCUT2D eigenvalue weighted by molar-refractivity contribution is 0.208. The number of nitrogens with zero attached hydrogens (tertiary/aromatic N) is 3. The van der Waals surface area contributed by atoms with Crippen molar-refractivity contribution in [1.29, 1.82) is 0 Å². The van der Waals surface area contributed by atoms with Gasteiger partial charge in [-0.3, -0.25) is 0 Å². The van der Waals surface area contributed by atoms with E-state index >= 15 is 0 Å². The van der Waals surface area contributed by atoms with Gasteiger partial charge in [-0.1, -0.05) is 25.1 Å². The van der Waals surface area contributed by atoms with Gasteiger partial charge in [0.05, 0.1) is 12.9 Å². The summed E-state index contributed by atoms with van der Waals surface area (Å²) >= 11 is 0. The molecular formula is C16H19N5O. The molecule has 1 atom stereocenters. The van der Waals surface area contributed by atoms with Crippen molar-refractivity contribution < 1.29 is 4.74 Å². The summed E-state index contributed by atoms with van der Waals surface area (Å²) in [6.45, 7) is 4.82. The Kier molecular flexibility index (Phi) is 4.18. The van der Waals surface area contributed by atoms with Crippen LogP contribution in [0.2, 0.25) is 0 Å². The van der Waals surface area contributed by atoms with Crippen molar-refractivity contribution in [2.24, 2.45) is 0 Å². The fourth-order valence-corrected chi connectivity index (χ4v) is 2.25. The summed E-state index contributed by atoms with van der Waals surface area (Å²) in [6, 6.07) is 8.04. The molecule has 114 valence electrons. The average Bonchev–Trinajstić information content (AvgIpc) is 3.02. The Labute approximate surface area is 129 Å². The van der Waals surface area contributed by atoms with E-state index in [1.54, 1.807) is 6.33 Å². The lowest BCUT2D eigenvalue weighted by Crippen LogP contribution is -2.26. The summed E-state index contributed by atoms with van der Waals surface area (Å²) in [5, 5.41) is 3.32. The Morgan fingerprint density at radius 2 is 2.09 bits per heavy atom. The normalized spacial score (nSPS) is 12.3. The molecule has 0 saturated carbocycles. The number of rotatable bonds is 6. The molecule has 0 aliphatic carbocycles. The van der Waals surface area contributed by atoms with Crippen LogP contribution in [0.25, 0.3) is 11.2 Å². The van der Waals surface area contributed by atoms with E-state index in [4.69, 9.17) is 4.74 Å². The highest BCUT2D eigenvalue weighted by Crippen LogP contribution is 2.20. The van der Waals surface area contributed by atoms with Crippen LogP contribution in [0.5, 0.6) is 5.75 Å². The number of aromatic nitrogens is 4. The number of imidazole rings is 1. The number of nitrogens with one attached hydrogen (secondary N) is 2. The van der Waals surface area contributed by atoms with Gasteiger partial charge in [0.25, 0.3) is 0 Å². The largest absolute Gasteiger partial charge is 0.488 e. The Balaban J connectivity index is 1.69. The van der Waals surface area contributed by atoms with Crippen LogP contribution in [0.4, 0.5) is 5.82 Å². The van der Waals surface area contributed by atoms with Crippen molar-refractivity contribution in [2.75, 3.05) is 11.9 Å². The highest BCUT2D eigenvalue weighted by Gasteiger charge is 2.12. The van der Waals surface area contributed by atoms with E-state index in [1.165, 1.54) is 6.33 Å². The van der Waals surface area contributed by atoms with Crippen LogP contribution < -0.4 is 10.1 Å². The summed E-state index contributed by atoms with van der Waals surface area (Å²) < 4.78 is 6.08. The lowest BCUT2D eigenvalue weighted by Gasteiger charge is -2.19. The summed E-state index contributed by atoms with van der Waals surface area (Å²) in [6.07, 6.45) is 4.09. The average molecular weight is 297 g/mol. The molecule has 0 fully saturated rings. The Hall–Kier alpha value is -2.63. The van der Waals surface area contributed by atoms with Crippen molar-refractivity contribution >= 4 is 17.0 Å². The third-order valence-electron chi connectivity index (χ3n) is 3.56. The monoisotopic (exact) mass is 297 g/mol. The molecule has 3 rings (SSSR count). The highest BCUT2D eigenvalue weighted by atomic mass is 16.5. The van der Waals surface area contributed by atoms with Crippen LogP contribution in [-0.2, 0) is 0 Å². The molecule has 0 aliphatic rings. The molecule has 2 aromatic heterocycles. The smallest absolute Gasteiger partial charge is 0.182 e. The molecule has 1 aromatic carbocycles. The second-order valence-corrected chi connectivity index (χ2v) is 5.12. The van der Waals surface area contributed by atoms with Gasteiger partial charge in [-0.15, -0.1) is 0 Å². The number of aromatic amines is 1. The third-order valence-corrected chi connectivity index (χ3v) is 3.56. The number of ether oxygens (including phenoxy) is 1. The molecule has 0 saturated heterocycles. The van der Waals surface area contributed by atoms with Crippen molar-refractivity contribution in [1.82, 2.24) is 19.9 Å². The van der Waals surface area contributed by atoms with Crippen molar-refractivity contribution in [3.63, 3.8) is 0 Å². The molecule has 1 unspecified atom stereocenters. The molecular weight excluding hydrogens is 278 g/mol. The minimum absolute atomic E-state index is 0.0639. The first-order valence-electron chi connectivity index (χ1n) is 7.38. The number of hydrogen-bond acceptors (Lipinski definition) is 5. The molecule has 2 N–H and O–H groups in total. The van der Waals surface area contributed by atoms with E-state index < -0.39 is 0 Å². The van der Waals surface area contributed by atoms with Crippen LogP contribution in [0.15, 0.2) is 36.9 Å². The van der Waals surface area contributed by atoms with Crippen LogP contribution >= 0.6 is 0 Å². The zero-order valence-electron chi connectivity index (χ0n) is 12.7. The maximum atomic E-state index is 6.08. The van der Waals surface area contributed by atoms with Gasteiger partial charge >= 0.3 is 0 Å². The van der Waals surface area contributed by atoms with E-state index in [9.17, 15) is 0 Å². The highest BCUT2D eigenvalue weighted by molar-refractivity contribution is 5.81. The van der Waals surface area contributed by atoms with E-state index in [0.717, 1.165) is 29.1 Å². The van der Waals surface area contributed by atoms with E-state index in [-0.39, 0.29) is 6.10 Å². The minimum atomic E-state index is 0.0639. The lowest BCUT2D eigenvalue weighted by atomic mass is 10.2. The number of H-pyrrole nitrogens is 1. The van der Waals surface area contributed by atoms with Gasteiger partial charge in [0.1, 0.15) is 23.7 Å². The van der Waals surface area contributed by atoms with E-state index in [1.807, 2.05) is 31.2 Å². The van der Waals surface area contributed by atoms with Crippen molar-refractivity contribution in [2.45, 2.75) is 26.4 Å². The summed E-state index contributed by atoms with van der Waals surface area (Å²) in [4.78, 5) is 15.5. The molecule has 6 nitrogen and oxygen atoms in total. The number of fused-ring (bicyclic) bond motifs is 1. The van der Waals surface area contributed by atoms with Crippen LogP contribution in [0, 0.1) is 6.92 Å². The molecule has 22 heavy (non-hydrogen) atoms. The molecule has 3 aromatic rings. The first-order chi connectivity index (χ1) is 10.8. The number of aryl methyl sites for hydroxylation is 1. The zero-order valence-corrected chi connectivity index (χ0v) is 12.7. The minimum Gasteiger partial charge on any atom is -0.488 e. The molecule has 0 spiro atoms. The molecule has 0 amide bonds. The second kappa shape index (κ2) is 6.43. The van der Waals surface area contributed by atoms with Crippen LogP contribution in [0.1, 0.15) is 18.9 Å². The number of anilines is 1. The summed E-state index contributed by atoms with van der Waals surface area (Å²) in [5.41, 5.74) is 2.61. The van der Waals surface area contributed by atoms with Gasteiger partial charge in [0, 0.05) is 0 Å². The maximum Gasteiger partial charge on any atom is 0.182 e. The van der Waals surface area contributed by atoms with Gasteiger partial charge in [-0.25, -0.2) is 15.0 Å². The fraction of sp³-hybridized carbons (Fsp3) is 0.312. The Morgan fingerprint density at radius 3 is 2.91 bits per heavy atom. The van der Waals surface area contributed by atoms with Gasteiger partial charge in [-0.05, 0) is 25.0 Å². The molecule has 0 radical (unpaired) electrons. The van der Waals surface area contributed by atoms with Crippen LogP contribution in [0.3, 0.4) is 0 Å². The number of hydrogen-bond donors (Lipinski definition) is 2. The first kappa shape index (κ1) is 14.3. The maximum absolute atomic E-state index is 6.08. The number of benzene rings is 1. The SMILES string of the molecule is CCC(CNc1ncnc2nc[nH]c12)Oc1ccccc1C. The molecule has 2 heterocycles. The van der Waals surface area contributed by atoms with Crippen molar-refractivity contribution in [3.05, 3.63) is 42.5 Å². The van der Waals surface area contributed by atoms with E-state index in [0.29, 0.717) is 12.2 Å². The predicted molar refractivity (Wildman–Crippen MR) is 86.1 cm³/mol. The van der Waals surface area contributed by atoms with Gasteiger partial charge in [0.15, 0.2) is 11.5 Å². The van der Waals surface area contributed by atoms with Gasteiger partial charge in [-0.2, -0.15) is 0 Å². The first-order valence-corrected chi connectivity index (χ1v) is 7.38. The number of para-hydroxylation sites is 1. The Morgan fingerprint density at radius 1 is 1.23 bits per heavy atom. The molecule has 6 heteroatoms. The molecule has 0 bridgehead atoms. The van der Waals surface area contributed by atoms with E-state index in [2.05, 4.69) is 32.2 Å². The standard InChI is InChI=1S/C16H19N5O/c1-3-12(22-13-7-5-4-6-11(13)2)8-17-15-14-16(19-9-18-14)21-10-20-15/h4-7,9-10,12H,3,8H2,1-2H3,(H2,17,18,19,20,21). The van der Waals surface area contributed by atoms with Crippen molar-refractivity contribution in [3.8, 4) is 5.75 Å². The quantitative estimate of drug-likeness (QED) is 0.731. The topological polar surface area (TPSA) is 75.7 Å². The van der Waals surface area contributed by atoms with Crippen LogP contribution in [-0.4, -0.2) is 32.6 Å². The fourth-order valence-electron chi connectivity index (χ4n) is 2.25. The zero-order chi connectivity index (χ0) is 15.4. The van der Waals surface area contributed by atoms with Gasteiger partial charge < -0.3 is 15.0 Å². The third kappa shape index (κ3) is 3.00. The predicted octanol–water partition coefficient (Wildman–Crippen LogP) is 2.93. The summed E-state index contributed by atoms with van der Waals surface area (Å²) in [5.74, 6) is 1.67. The summed E-state index contributed by atoms with van der Waals surface area (Å²) in [7, 11) is 0.